The van der Waals surface area contributed by atoms with Crippen LogP contribution in [0.5, 0.6) is 0 Å². The van der Waals surface area contributed by atoms with Crippen molar-refractivity contribution in [2.45, 2.75) is 13.0 Å². The minimum absolute atomic E-state index is 0.138. The van der Waals surface area contributed by atoms with Crippen molar-refractivity contribution in [1.82, 2.24) is 14.5 Å². The molecule has 0 spiro atoms. The molecule has 0 fully saturated rings. The number of carbonyl (C=O) groups is 2. The molecule has 8 nitrogen and oxygen atoms in total. The molecule has 0 radical (unpaired) electrons. The molecule has 2 amide bonds. The zero-order valence-corrected chi connectivity index (χ0v) is 16.0. The Morgan fingerprint density at radius 1 is 1.00 bits per heavy atom. The maximum Gasteiger partial charge on any atom is 0.255 e. The lowest BCUT2D eigenvalue weighted by Gasteiger charge is -2.09. The van der Waals surface area contributed by atoms with Crippen LogP contribution in [0.1, 0.15) is 16.8 Å². The summed E-state index contributed by atoms with van der Waals surface area (Å²) in [6.07, 6.45) is 8.41. The Bertz CT molecular complexity index is 1140. The van der Waals surface area contributed by atoms with E-state index in [4.69, 9.17) is 4.42 Å². The number of benzene rings is 2. The number of carbonyl (C=O) groups excluding carboxylic acids is 2. The number of hydrogen-bond donors (Lipinski definition) is 2. The summed E-state index contributed by atoms with van der Waals surface area (Å²) in [5, 5.41) is 5.68. The van der Waals surface area contributed by atoms with Crippen molar-refractivity contribution in [2.24, 2.45) is 0 Å². The third-order valence-electron chi connectivity index (χ3n) is 4.40. The van der Waals surface area contributed by atoms with Crippen molar-refractivity contribution >= 4 is 23.2 Å². The first-order valence-electron chi connectivity index (χ1n) is 9.33. The fraction of sp³-hybridized carbons (Fsp3) is 0.0909. The fourth-order valence-corrected chi connectivity index (χ4v) is 2.92. The number of imidazole rings is 1. The van der Waals surface area contributed by atoms with Gasteiger partial charge in [-0.2, -0.15) is 0 Å². The first kappa shape index (κ1) is 19.1. The Balaban J connectivity index is 1.39. The molecule has 0 aliphatic rings. The third kappa shape index (κ3) is 4.79. The standard InChI is InChI=1S/C22H19N5O3/c28-21(7-9-27-10-8-23-14-27)25-18-5-2-4-17(12-18)22(29)26-19-6-1-3-16(11-19)20-13-24-15-30-20/h1-6,8,10-15H,7,9H2,(H,25,28)(H,26,29). The van der Waals surface area contributed by atoms with Gasteiger partial charge < -0.3 is 19.6 Å². The molecule has 4 aromatic rings. The SMILES string of the molecule is O=C(CCn1ccnc1)Nc1cccc(C(=O)Nc2cccc(-c3cnco3)c2)c1. The molecule has 0 atom stereocenters. The van der Waals surface area contributed by atoms with Gasteiger partial charge in [-0.05, 0) is 30.3 Å². The van der Waals surface area contributed by atoms with Crippen LogP contribution in [0.25, 0.3) is 11.3 Å². The third-order valence-corrected chi connectivity index (χ3v) is 4.40. The topological polar surface area (TPSA) is 102 Å². The first-order chi connectivity index (χ1) is 14.7. The van der Waals surface area contributed by atoms with Gasteiger partial charge in [0.25, 0.3) is 5.91 Å². The highest BCUT2D eigenvalue weighted by Gasteiger charge is 2.10. The maximum absolute atomic E-state index is 12.7. The summed E-state index contributed by atoms with van der Waals surface area (Å²) in [5.74, 6) is 0.201. The van der Waals surface area contributed by atoms with E-state index >= 15 is 0 Å². The van der Waals surface area contributed by atoms with Gasteiger partial charge in [0, 0.05) is 47.9 Å². The second-order valence-corrected chi connectivity index (χ2v) is 6.58. The van der Waals surface area contributed by atoms with Crippen LogP contribution in [-0.4, -0.2) is 26.3 Å². The van der Waals surface area contributed by atoms with E-state index in [0.29, 0.717) is 35.7 Å². The van der Waals surface area contributed by atoms with Gasteiger partial charge in [0.2, 0.25) is 5.91 Å². The predicted molar refractivity (Wildman–Crippen MR) is 112 cm³/mol. The number of aromatic nitrogens is 3. The number of hydrogen-bond acceptors (Lipinski definition) is 5. The maximum atomic E-state index is 12.7. The van der Waals surface area contributed by atoms with Crippen LogP contribution in [0.15, 0.2) is 84.3 Å². The van der Waals surface area contributed by atoms with Gasteiger partial charge in [0.15, 0.2) is 12.2 Å². The van der Waals surface area contributed by atoms with Gasteiger partial charge in [0.05, 0.1) is 12.5 Å². The quantitative estimate of drug-likeness (QED) is 0.490. The number of nitrogens with one attached hydrogen (secondary N) is 2. The van der Waals surface area contributed by atoms with Crippen LogP contribution in [0.3, 0.4) is 0 Å². The van der Waals surface area contributed by atoms with Crippen molar-refractivity contribution in [3.8, 4) is 11.3 Å². The zero-order chi connectivity index (χ0) is 20.8. The van der Waals surface area contributed by atoms with Crippen molar-refractivity contribution in [1.29, 1.82) is 0 Å². The molecule has 2 aromatic heterocycles. The van der Waals surface area contributed by atoms with E-state index in [2.05, 4.69) is 20.6 Å². The summed E-state index contributed by atoms with van der Waals surface area (Å²) in [4.78, 5) is 32.7. The largest absolute Gasteiger partial charge is 0.444 e. The Morgan fingerprint density at radius 2 is 1.83 bits per heavy atom. The molecule has 0 aliphatic carbocycles. The molecule has 150 valence electrons. The second-order valence-electron chi connectivity index (χ2n) is 6.58. The highest BCUT2D eigenvalue weighted by Crippen LogP contribution is 2.22. The van der Waals surface area contributed by atoms with Crippen molar-refractivity contribution in [3.63, 3.8) is 0 Å². The molecular formula is C22H19N5O3. The molecule has 0 saturated carbocycles. The molecule has 0 bridgehead atoms. The smallest absolute Gasteiger partial charge is 0.255 e. The molecule has 2 aromatic carbocycles. The van der Waals surface area contributed by atoms with Crippen molar-refractivity contribution in [2.75, 3.05) is 10.6 Å². The number of nitrogens with zero attached hydrogens (tertiary/aromatic N) is 3. The highest BCUT2D eigenvalue weighted by atomic mass is 16.3. The van der Waals surface area contributed by atoms with Crippen LogP contribution in [0.4, 0.5) is 11.4 Å². The lowest BCUT2D eigenvalue weighted by atomic mass is 10.1. The molecule has 30 heavy (non-hydrogen) atoms. The average Bonchev–Trinajstić information content (AvgIpc) is 3.47. The Hall–Kier alpha value is -4.20. The van der Waals surface area contributed by atoms with Gasteiger partial charge in [-0.25, -0.2) is 9.97 Å². The molecule has 2 N–H and O–H groups in total. The van der Waals surface area contributed by atoms with Crippen molar-refractivity contribution < 1.29 is 14.0 Å². The van der Waals surface area contributed by atoms with Gasteiger partial charge in [-0.15, -0.1) is 0 Å². The van der Waals surface area contributed by atoms with Crippen LogP contribution >= 0.6 is 0 Å². The number of oxazole rings is 1. The second kappa shape index (κ2) is 8.87. The van der Waals surface area contributed by atoms with E-state index in [9.17, 15) is 9.59 Å². The molecule has 0 unspecified atom stereocenters. The number of anilines is 2. The van der Waals surface area contributed by atoms with Gasteiger partial charge in [-0.3, -0.25) is 9.59 Å². The summed E-state index contributed by atoms with van der Waals surface area (Å²) < 4.78 is 7.12. The lowest BCUT2D eigenvalue weighted by Crippen LogP contribution is -2.15. The van der Waals surface area contributed by atoms with Gasteiger partial charge in [-0.1, -0.05) is 18.2 Å². The van der Waals surface area contributed by atoms with Gasteiger partial charge in [0.1, 0.15) is 0 Å². The van der Waals surface area contributed by atoms with Crippen molar-refractivity contribution in [3.05, 3.63) is 85.4 Å². The molecule has 2 heterocycles. The lowest BCUT2D eigenvalue weighted by molar-refractivity contribution is -0.116. The minimum Gasteiger partial charge on any atom is -0.444 e. The van der Waals surface area contributed by atoms with E-state index in [-0.39, 0.29) is 11.8 Å². The minimum atomic E-state index is -0.278. The zero-order valence-electron chi connectivity index (χ0n) is 16.0. The Morgan fingerprint density at radius 3 is 2.60 bits per heavy atom. The van der Waals surface area contributed by atoms with Crippen LogP contribution in [0.2, 0.25) is 0 Å². The van der Waals surface area contributed by atoms with E-state index < -0.39 is 0 Å². The molecular weight excluding hydrogens is 382 g/mol. The summed E-state index contributed by atoms with van der Waals surface area (Å²) in [5.41, 5.74) is 2.44. The predicted octanol–water partition coefficient (Wildman–Crippen LogP) is 3.82. The van der Waals surface area contributed by atoms with E-state index in [0.717, 1.165) is 5.56 Å². The summed E-state index contributed by atoms with van der Waals surface area (Å²) in [7, 11) is 0. The normalized spacial score (nSPS) is 10.5. The number of amides is 2. The highest BCUT2D eigenvalue weighted by molar-refractivity contribution is 6.05. The summed E-state index contributed by atoms with van der Waals surface area (Å²) >= 11 is 0. The molecule has 8 heteroatoms. The van der Waals surface area contributed by atoms with Crippen LogP contribution in [0, 0.1) is 0 Å². The Kier molecular flexibility index (Phi) is 5.66. The Labute approximate surface area is 172 Å². The number of aryl methyl sites for hydroxylation is 1. The number of rotatable bonds is 7. The van der Waals surface area contributed by atoms with Gasteiger partial charge >= 0.3 is 0 Å². The molecule has 4 rings (SSSR count). The monoisotopic (exact) mass is 401 g/mol. The fourth-order valence-electron chi connectivity index (χ4n) is 2.92. The molecule has 0 aliphatic heterocycles. The summed E-state index contributed by atoms with van der Waals surface area (Å²) in [6.45, 7) is 0.535. The van der Waals surface area contributed by atoms with E-state index in [1.807, 2.05) is 16.7 Å². The van der Waals surface area contributed by atoms with Crippen LogP contribution < -0.4 is 10.6 Å². The molecule has 0 saturated heterocycles. The van der Waals surface area contributed by atoms with Crippen LogP contribution in [-0.2, 0) is 11.3 Å². The first-order valence-corrected chi connectivity index (χ1v) is 9.33. The van der Waals surface area contributed by atoms with E-state index in [1.165, 1.54) is 6.39 Å². The van der Waals surface area contributed by atoms with E-state index in [1.54, 1.807) is 61.3 Å². The average molecular weight is 401 g/mol. The summed E-state index contributed by atoms with van der Waals surface area (Å²) in [6, 6.07) is 14.1.